The zero-order valence-electron chi connectivity index (χ0n) is 9.66. The van der Waals surface area contributed by atoms with Crippen molar-refractivity contribution in [1.82, 2.24) is 5.32 Å². The normalized spacial score (nSPS) is 12.9. The fourth-order valence-corrected chi connectivity index (χ4v) is 1.19. The Morgan fingerprint density at radius 1 is 1.47 bits per heavy atom. The Bertz CT molecular complexity index is 183. The summed E-state index contributed by atoms with van der Waals surface area (Å²) in [4.78, 5) is 11.2. The van der Waals surface area contributed by atoms with Crippen LogP contribution < -0.4 is 23.5 Å². The monoisotopic (exact) mass is 239 g/mol. The van der Waals surface area contributed by atoms with Gasteiger partial charge in [-0.2, -0.15) is 0 Å². The Morgan fingerprint density at radius 3 is 2.40 bits per heavy atom. The predicted octanol–water partition coefficient (Wildman–Crippen LogP) is -4.48. The molecule has 0 aromatic carbocycles. The van der Waals surface area contributed by atoms with E-state index in [2.05, 4.69) is 5.32 Å². The highest BCUT2D eigenvalue weighted by Gasteiger charge is 2.18. The Kier molecular flexibility index (Phi) is 8.95. The molecule has 6 heteroatoms. The van der Waals surface area contributed by atoms with Crippen molar-refractivity contribution in [3.63, 3.8) is 0 Å². The maximum Gasteiger partial charge on any atom is 0.222 e. The highest BCUT2D eigenvalue weighted by atomic mass is 35.5. The molecule has 0 aliphatic heterocycles. The number of amides is 1. The van der Waals surface area contributed by atoms with Gasteiger partial charge in [0.1, 0.15) is 12.6 Å². The lowest BCUT2D eigenvalue weighted by Crippen LogP contribution is -3.00. The summed E-state index contributed by atoms with van der Waals surface area (Å²) in [7, 11) is 5.92. The van der Waals surface area contributed by atoms with Crippen molar-refractivity contribution in [2.75, 3.05) is 40.8 Å². The molecule has 0 heterocycles. The van der Waals surface area contributed by atoms with Gasteiger partial charge in [0.15, 0.2) is 0 Å². The molecule has 0 bridgehead atoms. The first-order valence-corrected chi connectivity index (χ1v) is 4.80. The van der Waals surface area contributed by atoms with Crippen molar-refractivity contribution in [2.24, 2.45) is 5.73 Å². The number of likely N-dealkylation sites (N-methyl/N-ethyl adjacent to an activating group) is 1. The molecule has 0 aliphatic rings. The number of carbonyl (C=O) groups is 1. The predicted molar refractivity (Wildman–Crippen MR) is 55.6 cm³/mol. The number of nitrogens with two attached hydrogens (primary N) is 1. The number of rotatable bonds is 6. The number of hydrogen-bond acceptors (Lipinski definition) is 3. The van der Waals surface area contributed by atoms with Crippen molar-refractivity contribution >= 4 is 5.91 Å². The molecule has 0 saturated heterocycles. The van der Waals surface area contributed by atoms with Crippen LogP contribution in [0.15, 0.2) is 0 Å². The number of aliphatic hydroxyl groups excluding tert-OH is 1. The van der Waals surface area contributed by atoms with Crippen LogP contribution in [0.5, 0.6) is 0 Å². The van der Waals surface area contributed by atoms with Crippen molar-refractivity contribution in [1.29, 1.82) is 0 Å². The molecule has 92 valence electrons. The highest BCUT2D eigenvalue weighted by Crippen LogP contribution is 1.98. The van der Waals surface area contributed by atoms with Gasteiger partial charge in [-0.1, -0.05) is 0 Å². The van der Waals surface area contributed by atoms with Crippen LogP contribution in [0.3, 0.4) is 0 Å². The molecule has 1 unspecified atom stereocenters. The molecule has 0 aromatic rings. The standard InChI is InChI=1S/C9H21N3O2.ClH/c1-12(2,3)7-8(13)6-9(14)11-5-4-10;/h8,13H,4-7,10H2,1-3H3;1H. The van der Waals surface area contributed by atoms with Crippen molar-refractivity contribution in [3.05, 3.63) is 0 Å². The van der Waals surface area contributed by atoms with Gasteiger partial charge < -0.3 is 33.0 Å². The number of carbonyl (C=O) groups excluding carboxylic acids is 1. The molecule has 0 aliphatic carbocycles. The maximum atomic E-state index is 11.2. The van der Waals surface area contributed by atoms with Crippen LogP contribution in [0.4, 0.5) is 0 Å². The fourth-order valence-electron chi connectivity index (χ4n) is 1.19. The third-order valence-corrected chi connectivity index (χ3v) is 1.65. The van der Waals surface area contributed by atoms with Crippen LogP contribution in [0.25, 0.3) is 0 Å². The van der Waals surface area contributed by atoms with E-state index in [1.54, 1.807) is 0 Å². The van der Waals surface area contributed by atoms with E-state index < -0.39 is 6.10 Å². The summed E-state index contributed by atoms with van der Waals surface area (Å²) < 4.78 is 0.644. The van der Waals surface area contributed by atoms with Gasteiger partial charge in [0.05, 0.1) is 27.6 Å². The number of aliphatic hydroxyl groups is 1. The van der Waals surface area contributed by atoms with Crippen LogP contribution in [-0.4, -0.2) is 62.4 Å². The fraction of sp³-hybridized carbons (Fsp3) is 0.889. The summed E-state index contributed by atoms with van der Waals surface area (Å²) in [6, 6.07) is 0. The SMILES string of the molecule is C[N+](C)(C)CC(O)CC(=O)NCCN.[Cl-]. The Balaban J connectivity index is 0. The first kappa shape index (κ1) is 17.0. The zero-order chi connectivity index (χ0) is 11.2. The molecule has 0 fully saturated rings. The van der Waals surface area contributed by atoms with Crippen LogP contribution in [0.2, 0.25) is 0 Å². The molecule has 1 amide bonds. The van der Waals surface area contributed by atoms with Gasteiger partial charge in [0.25, 0.3) is 0 Å². The third kappa shape index (κ3) is 11.6. The summed E-state index contributed by atoms with van der Waals surface area (Å²) in [5, 5.41) is 12.2. The topological polar surface area (TPSA) is 75.3 Å². The lowest BCUT2D eigenvalue weighted by molar-refractivity contribution is -0.873. The first-order valence-electron chi connectivity index (χ1n) is 4.80. The molecule has 0 radical (unpaired) electrons. The number of hydrogen-bond donors (Lipinski definition) is 3. The quantitative estimate of drug-likeness (QED) is 0.409. The second-order valence-corrected chi connectivity index (χ2v) is 4.47. The van der Waals surface area contributed by atoms with Gasteiger partial charge >= 0.3 is 0 Å². The van der Waals surface area contributed by atoms with E-state index in [1.165, 1.54) is 0 Å². The van der Waals surface area contributed by atoms with E-state index in [9.17, 15) is 9.90 Å². The number of quaternary nitrogens is 1. The number of nitrogens with zero attached hydrogens (tertiary/aromatic N) is 1. The van der Waals surface area contributed by atoms with Crippen molar-refractivity contribution in [2.45, 2.75) is 12.5 Å². The average Bonchev–Trinajstić information content (AvgIpc) is 1.96. The van der Waals surface area contributed by atoms with E-state index in [0.717, 1.165) is 0 Å². The lowest BCUT2D eigenvalue weighted by Gasteiger charge is -2.26. The summed E-state index contributed by atoms with van der Waals surface area (Å²) in [5.74, 6) is -0.142. The number of nitrogens with one attached hydrogen (secondary N) is 1. The van der Waals surface area contributed by atoms with E-state index >= 15 is 0 Å². The van der Waals surface area contributed by atoms with Crippen LogP contribution >= 0.6 is 0 Å². The second-order valence-electron chi connectivity index (χ2n) is 4.47. The summed E-state index contributed by atoms with van der Waals surface area (Å²) in [6.07, 6.45) is -0.442. The summed E-state index contributed by atoms with van der Waals surface area (Å²) >= 11 is 0. The summed E-state index contributed by atoms with van der Waals surface area (Å²) in [5.41, 5.74) is 5.23. The molecule has 0 aromatic heterocycles. The molecule has 4 N–H and O–H groups in total. The highest BCUT2D eigenvalue weighted by molar-refractivity contribution is 5.76. The molecule has 5 nitrogen and oxygen atoms in total. The molecule has 1 atom stereocenters. The summed E-state index contributed by atoms with van der Waals surface area (Å²) in [6.45, 7) is 1.46. The van der Waals surface area contributed by atoms with E-state index in [1.807, 2.05) is 21.1 Å². The van der Waals surface area contributed by atoms with E-state index in [4.69, 9.17) is 5.73 Å². The minimum absolute atomic E-state index is 0. The number of halogens is 1. The third-order valence-electron chi connectivity index (χ3n) is 1.65. The first-order chi connectivity index (χ1) is 6.35. The van der Waals surface area contributed by atoms with Crippen LogP contribution in [0, 0.1) is 0 Å². The van der Waals surface area contributed by atoms with Crippen molar-refractivity contribution < 1.29 is 26.8 Å². The van der Waals surface area contributed by atoms with Gasteiger partial charge in [0.2, 0.25) is 5.91 Å². The lowest BCUT2D eigenvalue weighted by atomic mass is 10.2. The maximum absolute atomic E-state index is 11.2. The van der Waals surface area contributed by atoms with Gasteiger partial charge in [-0.05, 0) is 0 Å². The van der Waals surface area contributed by atoms with E-state index in [0.29, 0.717) is 24.1 Å². The zero-order valence-corrected chi connectivity index (χ0v) is 10.4. The molecule has 0 spiro atoms. The molecule has 15 heavy (non-hydrogen) atoms. The van der Waals surface area contributed by atoms with Gasteiger partial charge in [0, 0.05) is 13.1 Å². The van der Waals surface area contributed by atoms with Gasteiger partial charge in [-0.25, -0.2) is 0 Å². The Hall–Kier alpha value is -0.360. The molecule has 0 rings (SSSR count). The Morgan fingerprint density at radius 2 is 2.00 bits per heavy atom. The molecule has 0 saturated carbocycles. The average molecular weight is 240 g/mol. The Labute approximate surface area is 97.6 Å². The molecular weight excluding hydrogens is 218 g/mol. The van der Waals surface area contributed by atoms with Gasteiger partial charge in [-0.3, -0.25) is 4.79 Å². The van der Waals surface area contributed by atoms with Crippen LogP contribution in [-0.2, 0) is 4.79 Å². The largest absolute Gasteiger partial charge is 1.00 e. The van der Waals surface area contributed by atoms with Crippen molar-refractivity contribution in [3.8, 4) is 0 Å². The van der Waals surface area contributed by atoms with Gasteiger partial charge in [-0.15, -0.1) is 0 Å². The van der Waals surface area contributed by atoms with Crippen LogP contribution in [0.1, 0.15) is 6.42 Å². The minimum atomic E-state index is -0.590. The molecular formula is C9H22ClN3O2. The smallest absolute Gasteiger partial charge is 0.222 e. The van der Waals surface area contributed by atoms with E-state index in [-0.39, 0.29) is 24.7 Å². The minimum Gasteiger partial charge on any atom is -1.00 e. The second kappa shape index (κ2) is 7.87.